The molecule has 0 bridgehead atoms. The molecule has 2 aromatic carbocycles. The van der Waals surface area contributed by atoms with E-state index in [2.05, 4.69) is 29.4 Å². The van der Waals surface area contributed by atoms with Gasteiger partial charge in [0.2, 0.25) is 11.6 Å². The van der Waals surface area contributed by atoms with Gasteiger partial charge < -0.3 is 23.9 Å². The van der Waals surface area contributed by atoms with Gasteiger partial charge >= 0.3 is 0 Å². The molecule has 0 radical (unpaired) electrons. The van der Waals surface area contributed by atoms with Crippen molar-refractivity contribution in [2.75, 3.05) is 21.3 Å². The van der Waals surface area contributed by atoms with E-state index in [0.717, 1.165) is 11.3 Å². The third-order valence-corrected chi connectivity index (χ3v) is 4.35. The van der Waals surface area contributed by atoms with Gasteiger partial charge in [-0.15, -0.1) is 0 Å². The lowest BCUT2D eigenvalue weighted by atomic mass is 10.1. The van der Waals surface area contributed by atoms with Crippen LogP contribution in [0.15, 0.2) is 53.1 Å². The Bertz CT molecular complexity index is 852. The molecule has 3 aromatic rings. The van der Waals surface area contributed by atoms with Crippen molar-refractivity contribution in [3.05, 3.63) is 60.0 Å². The monoisotopic (exact) mass is 368 g/mol. The molecule has 6 heteroatoms. The van der Waals surface area contributed by atoms with Crippen LogP contribution in [-0.4, -0.2) is 26.3 Å². The minimum absolute atomic E-state index is 0.215. The van der Waals surface area contributed by atoms with Crippen LogP contribution in [0.2, 0.25) is 0 Å². The maximum absolute atomic E-state index is 5.66. The second kappa shape index (κ2) is 8.60. The van der Waals surface area contributed by atoms with E-state index in [-0.39, 0.29) is 6.04 Å². The average Bonchev–Trinajstić information content (AvgIpc) is 3.20. The van der Waals surface area contributed by atoms with Gasteiger partial charge in [0, 0.05) is 18.2 Å². The Balaban J connectivity index is 1.75. The topological polar surface area (TPSA) is 65.8 Å². The van der Waals surface area contributed by atoms with Gasteiger partial charge in [0.25, 0.3) is 0 Å². The Labute approximate surface area is 159 Å². The molecule has 0 spiro atoms. The summed E-state index contributed by atoms with van der Waals surface area (Å²) in [6.45, 7) is 2.72. The summed E-state index contributed by atoms with van der Waals surface area (Å²) in [6, 6.07) is 14.1. The van der Waals surface area contributed by atoms with Crippen LogP contribution in [0.3, 0.4) is 0 Å². The first-order valence-electron chi connectivity index (χ1n) is 8.69. The number of oxazole rings is 1. The lowest BCUT2D eigenvalue weighted by Gasteiger charge is -2.13. The second-order valence-electron chi connectivity index (χ2n) is 6.07. The highest BCUT2D eigenvalue weighted by molar-refractivity contribution is 5.65. The van der Waals surface area contributed by atoms with E-state index in [9.17, 15) is 0 Å². The van der Waals surface area contributed by atoms with E-state index in [1.807, 2.05) is 30.3 Å². The quantitative estimate of drug-likeness (QED) is 0.642. The smallest absolute Gasteiger partial charge is 0.226 e. The molecule has 0 saturated heterocycles. The van der Waals surface area contributed by atoms with Crippen molar-refractivity contribution in [3.8, 4) is 28.7 Å². The highest BCUT2D eigenvalue weighted by Gasteiger charge is 2.17. The maximum Gasteiger partial charge on any atom is 0.226 e. The Morgan fingerprint density at radius 1 is 1.00 bits per heavy atom. The molecule has 142 valence electrons. The summed E-state index contributed by atoms with van der Waals surface area (Å²) in [5.41, 5.74) is 2.80. The third kappa shape index (κ3) is 4.23. The van der Waals surface area contributed by atoms with E-state index < -0.39 is 0 Å². The summed E-state index contributed by atoms with van der Waals surface area (Å²) in [7, 11) is 4.73. The molecule has 27 heavy (non-hydrogen) atoms. The summed E-state index contributed by atoms with van der Waals surface area (Å²) in [5.74, 6) is 2.15. The number of rotatable bonds is 8. The molecule has 0 fully saturated rings. The van der Waals surface area contributed by atoms with E-state index in [4.69, 9.17) is 18.6 Å². The van der Waals surface area contributed by atoms with Gasteiger partial charge in [0.1, 0.15) is 6.26 Å². The molecule has 0 aliphatic carbocycles. The minimum Gasteiger partial charge on any atom is -0.493 e. The molecule has 1 heterocycles. The molecular weight excluding hydrogens is 344 g/mol. The predicted molar refractivity (Wildman–Crippen MR) is 103 cm³/mol. The van der Waals surface area contributed by atoms with Crippen LogP contribution in [0.25, 0.3) is 11.5 Å². The first-order valence-corrected chi connectivity index (χ1v) is 8.69. The molecule has 1 aromatic heterocycles. The van der Waals surface area contributed by atoms with Crippen molar-refractivity contribution < 1.29 is 18.6 Å². The number of nitrogens with one attached hydrogen (secondary N) is 1. The van der Waals surface area contributed by atoms with Gasteiger partial charge in [0.15, 0.2) is 11.5 Å². The lowest BCUT2D eigenvalue weighted by Crippen LogP contribution is -2.18. The molecule has 0 aliphatic heterocycles. The highest BCUT2D eigenvalue weighted by Crippen LogP contribution is 2.40. The number of benzene rings is 2. The van der Waals surface area contributed by atoms with Gasteiger partial charge in [-0.3, -0.25) is 0 Å². The second-order valence-corrected chi connectivity index (χ2v) is 6.07. The van der Waals surface area contributed by atoms with Gasteiger partial charge in [-0.05, 0) is 24.6 Å². The fraction of sp³-hybridized carbons (Fsp3) is 0.286. The standard InChI is InChI=1S/C21H24N2O4/c1-14(15-8-6-5-7-9-15)22-12-17-13-27-21(23-17)16-10-18(24-2)20(26-4)19(11-16)25-3/h5-11,13-14,22H,12H2,1-4H3. The van der Waals surface area contributed by atoms with Crippen molar-refractivity contribution >= 4 is 0 Å². The number of nitrogens with zero attached hydrogens (tertiary/aromatic N) is 1. The molecular formula is C21H24N2O4. The van der Waals surface area contributed by atoms with Crippen LogP contribution in [0.4, 0.5) is 0 Å². The normalized spacial score (nSPS) is 11.9. The summed E-state index contributed by atoms with van der Waals surface area (Å²) in [6.07, 6.45) is 1.66. The van der Waals surface area contributed by atoms with Crippen LogP contribution in [0.1, 0.15) is 24.2 Å². The van der Waals surface area contributed by atoms with Crippen LogP contribution in [0, 0.1) is 0 Å². The van der Waals surface area contributed by atoms with E-state index in [1.54, 1.807) is 27.6 Å². The zero-order chi connectivity index (χ0) is 19.2. The Kier molecular flexibility index (Phi) is 5.98. The summed E-state index contributed by atoms with van der Waals surface area (Å²) < 4.78 is 21.8. The van der Waals surface area contributed by atoms with Gasteiger partial charge in [-0.2, -0.15) is 0 Å². The molecule has 3 rings (SSSR count). The lowest BCUT2D eigenvalue weighted by molar-refractivity contribution is 0.324. The number of aromatic nitrogens is 1. The van der Waals surface area contributed by atoms with Crippen molar-refractivity contribution in [2.24, 2.45) is 0 Å². The zero-order valence-electron chi connectivity index (χ0n) is 16.0. The highest BCUT2D eigenvalue weighted by atomic mass is 16.5. The van der Waals surface area contributed by atoms with Crippen LogP contribution in [-0.2, 0) is 6.54 Å². The number of ether oxygens (including phenoxy) is 3. The fourth-order valence-corrected chi connectivity index (χ4v) is 2.84. The average molecular weight is 368 g/mol. The summed E-state index contributed by atoms with van der Waals surface area (Å²) in [5, 5.41) is 3.45. The summed E-state index contributed by atoms with van der Waals surface area (Å²) >= 11 is 0. The van der Waals surface area contributed by atoms with E-state index in [1.165, 1.54) is 5.56 Å². The summed E-state index contributed by atoms with van der Waals surface area (Å²) in [4.78, 5) is 4.57. The maximum atomic E-state index is 5.66. The molecule has 1 N–H and O–H groups in total. The van der Waals surface area contributed by atoms with E-state index in [0.29, 0.717) is 29.7 Å². The first kappa shape index (κ1) is 18.8. The van der Waals surface area contributed by atoms with Crippen molar-refractivity contribution in [3.63, 3.8) is 0 Å². The minimum atomic E-state index is 0.215. The van der Waals surface area contributed by atoms with Crippen molar-refractivity contribution in [1.82, 2.24) is 10.3 Å². The molecule has 0 aliphatic rings. The van der Waals surface area contributed by atoms with E-state index >= 15 is 0 Å². The first-order chi connectivity index (χ1) is 13.2. The predicted octanol–water partition coefficient (Wildman–Crippen LogP) is 4.22. The molecule has 6 nitrogen and oxygen atoms in total. The number of hydrogen-bond donors (Lipinski definition) is 1. The number of hydrogen-bond acceptors (Lipinski definition) is 6. The van der Waals surface area contributed by atoms with Crippen molar-refractivity contribution in [1.29, 1.82) is 0 Å². The largest absolute Gasteiger partial charge is 0.493 e. The van der Waals surface area contributed by atoms with Gasteiger partial charge in [0.05, 0.1) is 27.0 Å². The Morgan fingerprint density at radius 3 is 2.26 bits per heavy atom. The number of methoxy groups -OCH3 is 3. The third-order valence-electron chi connectivity index (χ3n) is 4.35. The zero-order valence-corrected chi connectivity index (χ0v) is 16.0. The molecule has 1 atom stereocenters. The molecule has 0 amide bonds. The fourth-order valence-electron chi connectivity index (χ4n) is 2.84. The Hall–Kier alpha value is -2.99. The Morgan fingerprint density at radius 2 is 1.67 bits per heavy atom. The SMILES string of the molecule is COc1cc(-c2nc(CNC(C)c3ccccc3)co2)cc(OC)c1OC. The van der Waals surface area contributed by atoms with Gasteiger partial charge in [-0.25, -0.2) is 4.98 Å². The van der Waals surface area contributed by atoms with Gasteiger partial charge in [-0.1, -0.05) is 30.3 Å². The molecule has 1 unspecified atom stereocenters. The van der Waals surface area contributed by atoms with Crippen LogP contribution >= 0.6 is 0 Å². The van der Waals surface area contributed by atoms with Crippen molar-refractivity contribution in [2.45, 2.75) is 19.5 Å². The van der Waals surface area contributed by atoms with Crippen LogP contribution < -0.4 is 19.5 Å². The van der Waals surface area contributed by atoms with Crippen LogP contribution in [0.5, 0.6) is 17.2 Å². The molecule has 0 saturated carbocycles.